The topological polar surface area (TPSA) is 34.2 Å². The number of nitrogens with zero attached hydrogens (tertiary/aromatic N) is 2. The van der Waals surface area contributed by atoms with Crippen molar-refractivity contribution >= 4 is 0 Å². The molecule has 0 aliphatic carbocycles. The molecule has 2 aliphatic rings. The predicted molar refractivity (Wildman–Crippen MR) is 69.3 cm³/mol. The quantitative estimate of drug-likeness (QED) is 0.670. The van der Waals surface area contributed by atoms with Gasteiger partial charge in [0.2, 0.25) is 0 Å². The molecule has 0 aromatic carbocycles. The average Bonchev–Trinajstić information content (AvgIpc) is 2.42. The molecule has 18 heavy (non-hydrogen) atoms. The fraction of sp³-hybridized carbons (Fsp3) is 0.846. The molecule has 0 spiro atoms. The van der Waals surface area contributed by atoms with Gasteiger partial charge in [0.25, 0.3) is 0 Å². The third-order valence-corrected chi connectivity index (χ3v) is 3.40. The Labute approximate surface area is 109 Å². The average molecular weight is 256 g/mol. The van der Waals surface area contributed by atoms with Gasteiger partial charge in [0.1, 0.15) is 11.9 Å². The van der Waals surface area contributed by atoms with Crippen LogP contribution in [0.1, 0.15) is 6.92 Å². The fourth-order valence-electron chi connectivity index (χ4n) is 2.54. The summed E-state index contributed by atoms with van der Waals surface area (Å²) in [4.78, 5) is 4.79. The van der Waals surface area contributed by atoms with Crippen LogP contribution in [0.25, 0.3) is 0 Å². The molecule has 104 valence electrons. The van der Waals surface area contributed by atoms with E-state index in [1.54, 1.807) is 0 Å². The number of ether oxygens (including phenoxy) is 3. The summed E-state index contributed by atoms with van der Waals surface area (Å²) in [6.45, 7) is 13.7. The van der Waals surface area contributed by atoms with Gasteiger partial charge in [-0.25, -0.2) is 0 Å². The van der Waals surface area contributed by atoms with Gasteiger partial charge in [-0.2, -0.15) is 0 Å². The molecule has 2 fully saturated rings. The van der Waals surface area contributed by atoms with Gasteiger partial charge in [-0.1, -0.05) is 6.58 Å². The van der Waals surface area contributed by atoms with Gasteiger partial charge < -0.3 is 14.2 Å². The molecule has 0 aromatic rings. The molecular weight excluding hydrogens is 232 g/mol. The van der Waals surface area contributed by atoms with Crippen molar-refractivity contribution in [2.45, 2.75) is 13.1 Å². The normalized spacial score (nSPS) is 23.2. The second-order valence-electron chi connectivity index (χ2n) is 4.57. The monoisotopic (exact) mass is 256 g/mol. The SMILES string of the molecule is C=C(OCC)C(N1CCOCC1)N1CCOCC1. The minimum absolute atomic E-state index is 0.165. The molecule has 2 heterocycles. The smallest absolute Gasteiger partial charge is 0.121 e. The van der Waals surface area contributed by atoms with E-state index in [1.165, 1.54) is 0 Å². The summed E-state index contributed by atoms with van der Waals surface area (Å²) in [6.07, 6.45) is 0.165. The molecule has 0 aromatic heterocycles. The van der Waals surface area contributed by atoms with Gasteiger partial charge in [0.15, 0.2) is 0 Å². The third-order valence-electron chi connectivity index (χ3n) is 3.40. The first-order valence-corrected chi connectivity index (χ1v) is 6.78. The molecular formula is C13H24N2O3. The molecule has 2 saturated heterocycles. The molecule has 5 nitrogen and oxygen atoms in total. The van der Waals surface area contributed by atoms with Crippen LogP contribution >= 0.6 is 0 Å². The minimum Gasteiger partial charge on any atom is -0.496 e. The lowest BCUT2D eigenvalue weighted by atomic mass is 10.2. The van der Waals surface area contributed by atoms with Gasteiger partial charge in [-0.05, 0) is 6.92 Å². The highest BCUT2D eigenvalue weighted by molar-refractivity contribution is 4.99. The standard InChI is InChI=1S/C13H24N2O3/c1-3-18-12(2)13(14-4-8-16-9-5-14)15-6-10-17-11-7-15/h13H,2-11H2,1H3. The highest BCUT2D eigenvalue weighted by atomic mass is 16.5. The first-order valence-electron chi connectivity index (χ1n) is 6.78. The highest BCUT2D eigenvalue weighted by Crippen LogP contribution is 2.18. The van der Waals surface area contributed by atoms with Crippen molar-refractivity contribution in [1.82, 2.24) is 9.80 Å². The van der Waals surface area contributed by atoms with Crippen LogP contribution < -0.4 is 0 Å². The molecule has 2 aliphatic heterocycles. The zero-order valence-electron chi connectivity index (χ0n) is 11.3. The Bertz CT molecular complexity index is 243. The van der Waals surface area contributed by atoms with E-state index in [2.05, 4.69) is 16.4 Å². The maximum Gasteiger partial charge on any atom is 0.121 e. The van der Waals surface area contributed by atoms with Crippen molar-refractivity contribution in [2.24, 2.45) is 0 Å². The molecule has 0 N–H and O–H groups in total. The Hall–Kier alpha value is -0.620. The lowest BCUT2D eigenvalue weighted by Gasteiger charge is -2.42. The number of hydrogen-bond acceptors (Lipinski definition) is 5. The largest absolute Gasteiger partial charge is 0.496 e. The van der Waals surface area contributed by atoms with E-state index in [0.29, 0.717) is 6.61 Å². The van der Waals surface area contributed by atoms with Crippen molar-refractivity contribution in [3.8, 4) is 0 Å². The molecule has 0 atom stereocenters. The van der Waals surface area contributed by atoms with Gasteiger partial charge in [0, 0.05) is 26.2 Å². The lowest BCUT2D eigenvalue weighted by Crippen LogP contribution is -2.56. The first kappa shape index (κ1) is 13.8. The Morgan fingerprint density at radius 2 is 1.50 bits per heavy atom. The zero-order chi connectivity index (χ0) is 12.8. The predicted octanol–water partition coefficient (Wildman–Crippen LogP) is 0.527. The molecule has 0 bridgehead atoms. The lowest BCUT2D eigenvalue weighted by molar-refractivity contribution is -0.0688. The van der Waals surface area contributed by atoms with Crippen LogP contribution in [0.3, 0.4) is 0 Å². The van der Waals surface area contributed by atoms with E-state index in [4.69, 9.17) is 14.2 Å². The summed E-state index contributed by atoms with van der Waals surface area (Å²) in [6, 6.07) is 0. The van der Waals surface area contributed by atoms with Crippen LogP contribution in [0.4, 0.5) is 0 Å². The van der Waals surface area contributed by atoms with Crippen molar-refractivity contribution in [3.63, 3.8) is 0 Å². The van der Waals surface area contributed by atoms with Crippen LogP contribution in [0.2, 0.25) is 0 Å². The molecule has 0 saturated carbocycles. The van der Waals surface area contributed by atoms with Crippen LogP contribution in [0.5, 0.6) is 0 Å². The summed E-state index contributed by atoms with van der Waals surface area (Å²) in [5, 5.41) is 0. The summed E-state index contributed by atoms with van der Waals surface area (Å²) >= 11 is 0. The van der Waals surface area contributed by atoms with E-state index < -0.39 is 0 Å². The number of rotatable bonds is 5. The maximum atomic E-state index is 5.65. The molecule has 0 radical (unpaired) electrons. The van der Waals surface area contributed by atoms with Gasteiger partial charge >= 0.3 is 0 Å². The maximum absolute atomic E-state index is 5.65. The fourth-order valence-corrected chi connectivity index (χ4v) is 2.54. The Morgan fingerprint density at radius 1 is 1.06 bits per heavy atom. The van der Waals surface area contributed by atoms with Gasteiger partial charge in [-0.3, -0.25) is 9.80 Å². The summed E-state index contributed by atoms with van der Waals surface area (Å²) in [5.41, 5.74) is 0. The third kappa shape index (κ3) is 3.45. The Kier molecular flexibility index (Phi) is 5.44. The number of morpholine rings is 2. The van der Waals surface area contributed by atoms with Crippen LogP contribution in [0.15, 0.2) is 12.3 Å². The molecule has 0 amide bonds. The van der Waals surface area contributed by atoms with Crippen molar-refractivity contribution in [2.75, 3.05) is 59.2 Å². The zero-order valence-corrected chi connectivity index (χ0v) is 11.3. The molecule has 5 heteroatoms. The molecule has 2 rings (SSSR count). The van der Waals surface area contributed by atoms with Crippen molar-refractivity contribution in [1.29, 1.82) is 0 Å². The van der Waals surface area contributed by atoms with Gasteiger partial charge in [0.05, 0.1) is 33.0 Å². The number of hydrogen-bond donors (Lipinski definition) is 0. The van der Waals surface area contributed by atoms with E-state index >= 15 is 0 Å². The first-order chi connectivity index (χ1) is 8.83. The summed E-state index contributed by atoms with van der Waals surface area (Å²) < 4.78 is 16.5. The summed E-state index contributed by atoms with van der Waals surface area (Å²) in [5.74, 6) is 0.848. The van der Waals surface area contributed by atoms with Crippen molar-refractivity contribution < 1.29 is 14.2 Å². The van der Waals surface area contributed by atoms with E-state index in [1.807, 2.05) is 6.92 Å². The van der Waals surface area contributed by atoms with Crippen LogP contribution in [-0.2, 0) is 14.2 Å². The minimum atomic E-state index is 0.165. The van der Waals surface area contributed by atoms with Crippen LogP contribution in [0, 0.1) is 0 Å². The van der Waals surface area contributed by atoms with E-state index in [0.717, 1.165) is 58.4 Å². The second-order valence-corrected chi connectivity index (χ2v) is 4.57. The second kappa shape index (κ2) is 7.09. The van der Waals surface area contributed by atoms with Gasteiger partial charge in [-0.15, -0.1) is 0 Å². The summed E-state index contributed by atoms with van der Waals surface area (Å²) in [7, 11) is 0. The van der Waals surface area contributed by atoms with Crippen LogP contribution in [-0.4, -0.2) is 75.2 Å². The van der Waals surface area contributed by atoms with Crippen molar-refractivity contribution in [3.05, 3.63) is 12.3 Å². The van der Waals surface area contributed by atoms with E-state index in [-0.39, 0.29) is 6.17 Å². The highest BCUT2D eigenvalue weighted by Gasteiger charge is 2.31. The Morgan fingerprint density at radius 3 is 1.89 bits per heavy atom. The van der Waals surface area contributed by atoms with E-state index in [9.17, 15) is 0 Å². The Balaban J connectivity index is 2.02. The molecule has 0 unspecified atom stereocenters.